The third-order valence-corrected chi connectivity index (χ3v) is 3.48. The molecule has 2 N–H and O–H groups in total. The molecule has 110 valence electrons. The summed E-state index contributed by atoms with van der Waals surface area (Å²) >= 11 is 0. The number of amides is 1. The Bertz CT molecular complexity index is 914. The van der Waals surface area contributed by atoms with Crippen LogP contribution in [0.25, 0.3) is 10.9 Å². The summed E-state index contributed by atoms with van der Waals surface area (Å²) < 4.78 is 1.40. The minimum Gasteiger partial charge on any atom is -0.508 e. The topological polar surface area (TPSA) is 71.3 Å². The Morgan fingerprint density at radius 1 is 1.09 bits per heavy atom. The number of carbonyl (C=O) groups excluding carboxylic acids is 1. The molecule has 0 fully saturated rings. The lowest BCUT2D eigenvalue weighted by Crippen LogP contribution is -2.27. The van der Waals surface area contributed by atoms with Crippen molar-refractivity contribution in [2.75, 3.05) is 5.32 Å². The predicted molar refractivity (Wildman–Crippen MR) is 85.2 cm³/mol. The molecule has 0 saturated carbocycles. The van der Waals surface area contributed by atoms with Gasteiger partial charge in [-0.15, -0.1) is 0 Å². The standard InChI is InChI=1S/C17H14N2O3/c1-19-15-8-7-13(20)9-11(15)10-14(17(19)22)16(21)18-12-5-3-2-4-6-12/h2-10,20H,1H3,(H,18,21). The third-order valence-electron chi connectivity index (χ3n) is 3.48. The molecule has 0 spiro atoms. The van der Waals surface area contributed by atoms with Gasteiger partial charge in [0.15, 0.2) is 0 Å². The van der Waals surface area contributed by atoms with E-state index < -0.39 is 5.91 Å². The molecule has 0 aliphatic rings. The van der Waals surface area contributed by atoms with Crippen LogP contribution in [0, 0.1) is 0 Å². The van der Waals surface area contributed by atoms with Gasteiger partial charge in [-0.1, -0.05) is 18.2 Å². The zero-order valence-corrected chi connectivity index (χ0v) is 11.9. The second kappa shape index (κ2) is 5.37. The molecule has 1 aromatic heterocycles. The molecule has 0 aliphatic carbocycles. The van der Waals surface area contributed by atoms with Gasteiger partial charge in [0.25, 0.3) is 11.5 Å². The first-order valence-electron chi connectivity index (χ1n) is 6.75. The second-order valence-corrected chi connectivity index (χ2v) is 4.99. The van der Waals surface area contributed by atoms with E-state index in [9.17, 15) is 14.7 Å². The van der Waals surface area contributed by atoms with Crippen LogP contribution in [0.3, 0.4) is 0 Å². The average molecular weight is 294 g/mol. The van der Waals surface area contributed by atoms with E-state index in [4.69, 9.17) is 0 Å². The number of nitrogens with zero attached hydrogens (tertiary/aromatic N) is 1. The SMILES string of the molecule is Cn1c(=O)c(C(=O)Nc2ccccc2)cc2cc(O)ccc21. The first kappa shape index (κ1) is 13.9. The van der Waals surface area contributed by atoms with Gasteiger partial charge >= 0.3 is 0 Å². The summed E-state index contributed by atoms with van der Waals surface area (Å²) in [6.45, 7) is 0. The average Bonchev–Trinajstić information content (AvgIpc) is 2.51. The number of rotatable bonds is 2. The van der Waals surface area contributed by atoms with Crippen molar-refractivity contribution in [1.29, 1.82) is 0 Å². The number of fused-ring (bicyclic) bond motifs is 1. The molecule has 5 nitrogen and oxygen atoms in total. The van der Waals surface area contributed by atoms with E-state index in [-0.39, 0.29) is 16.9 Å². The summed E-state index contributed by atoms with van der Waals surface area (Å²) in [5, 5.41) is 12.9. The number of aromatic hydroxyl groups is 1. The molecule has 0 aliphatic heterocycles. The van der Waals surface area contributed by atoms with Crippen LogP contribution in [0.15, 0.2) is 59.4 Å². The molecule has 0 radical (unpaired) electrons. The largest absolute Gasteiger partial charge is 0.508 e. The maximum atomic E-state index is 12.3. The number of hydrogen-bond acceptors (Lipinski definition) is 3. The fourth-order valence-corrected chi connectivity index (χ4v) is 2.35. The van der Waals surface area contributed by atoms with Gasteiger partial charge in [-0.2, -0.15) is 0 Å². The highest BCUT2D eigenvalue weighted by molar-refractivity contribution is 6.05. The van der Waals surface area contributed by atoms with Crippen molar-refractivity contribution >= 4 is 22.5 Å². The van der Waals surface area contributed by atoms with Crippen LogP contribution in [0.2, 0.25) is 0 Å². The van der Waals surface area contributed by atoms with E-state index in [0.717, 1.165) is 0 Å². The molecule has 22 heavy (non-hydrogen) atoms. The van der Waals surface area contributed by atoms with E-state index in [0.29, 0.717) is 16.6 Å². The molecular formula is C17H14N2O3. The van der Waals surface area contributed by atoms with Crippen LogP contribution in [0.5, 0.6) is 5.75 Å². The van der Waals surface area contributed by atoms with Crippen molar-refractivity contribution in [3.8, 4) is 5.75 Å². The molecule has 1 heterocycles. The highest BCUT2D eigenvalue weighted by Gasteiger charge is 2.14. The van der Waals surface area contributed by atoms with Crippen molar-refractivity contribution in [1.82, 2.24) is 4.57 Å². The molecule has 2 aromatic carbocycles. The second-order valence-electron chi connectivity index (χ2n) is 4.99. The summed E-state index contributed by atoms with van der Waals surface area (Å²) in [5.74, 6) is -0.391. The number of carbonyl (C=O) groups is 1. The summed E-state index contributed by atoms with van der Waals surface area (Å²) in [4.78, 5) is 24.7. The highest BCUT2D eigenvalue weighted by atomic mass is 16.3. The quantitative estimate of drug-likeness (QED) is 0.763. The number of phenols is 1. The Morgan fingerprint density at radius 2 is 1.82 bits per heavy atom. The summed E-state index contributed by atoms with van der Waals surface area (Å²) in [5.41, 5.74) is 0.917. The number of aromatic nitrogens is 1. The first-order valence-corrected chi connectivity index (χ1v) is 6.75. The monoisotopic (exact) mass is 294 g/mol. The van der Waals surface area contributed by atoms with Crippen molar-refractivity contribution in [3.63, 3.8) is 0 Å². The molecule has 0 bridgehead atoms. The molecule has 3 rings (SSSR count). The minimum atomic E-state index is -0.475. The molecule has 0 atom stereocenters. The fourth-order valence-electron chi connectivity index (χ4n) is 2.35. The number of nitrogens with one attached hydrogen (secondary N) is 1. The summed E-state index contributed by atoms with van der Waals surface area (Å²) in [7, 11) is 1.60. The van der Waals surface area contributed by atoms with E-state index in [1.165, 1.54) is 22.8 Å². The van der Waals surface area contributed by atoms with Gasteiger partial charge in [-0.3, -0.25) is 9.59 Å². The van der Waals surface area contributed by atoms with E-state index in [1.54, 1.807) is 37.4 Å². The number of pyridine rings is 1. The number of phenolic OH excluding ortho intramolecular Hbond substituents is 1. The number of aryl methyl sites for hydroxylation is 1. The molecule has 5 heteroatoms. The van der Waals surface area contributed by atoms with Crippen molar-refractivity contribution in [2.24, 2.45) is 7.05 Å². The summed E-state index contributed by atoms with van der Waals surface area (Å²) in [6, 6.07) is 15.1. The number of para-hydroxylation sites is 1. The molecule has 3 aromatic rings. The normalized spacial score (nSPS) is 10.6. The van der Waals surface area contributed by atoms with Crippen LogP contribution in [0.1, 0.15) is 10.4 Å². The Hall–Kier alpha value is -3.08. The number of hydrogen-bond donors (Lipinski definition) is 2. The molecule has 0 unspecified atom stereocenters. The lowest BCUT2D eigenvalue weighted by atomic mass is 10.1. The molecular weight excluding hydrogens is 280 g/mol. The van der Waals surface area contributed by atoms with E-state index in [1.807, 2.05) is 6.07 Å². The fraction of sp³-hybridized carbons (Fsp3) is 0.0588. The van der Waals surface area contributed by atoms with Gasteiger partial charge in [0.1, 0.15) is 11.3 Å². The maximum Gasteiger partial charge on any atom is 0.263 e. The van der Waals surface area contributed by atoms with Crippen LogP contribution in [-0.2, 0) is 7.05 Å². The molecule has 1 amide bonds. The molecule has 0 saturated heterocycles. The summed E-state index contributed by atoms with van der Waals surface area (Å²) in [6.07, 6.45) is 0. The Morgan fingerprint density at radius 3 is 2.55 bits per heavy atom. The zero-order chi connectivity index (χ0) is 15.7. The zero-order valence-electron chi connectivity index (χ0n) is 11.9. The van der Waals surface area contributed by atoms with Gasteiger partial charge in [0, 0.05) is 18.1 Å². The van der Waals surface area contributed by atoms with Crippen LogP contribution >= 0.6 is 0 Å². The van der Waals surface area contributed by atoms with Gasteiger partial charge in [-0.25, -0.2) is 0 Å². The van der Waals surface area contributed by atoms with Crippen molar-refractivity contribution in [2.45, 2.75) is 0 Å². The predicted octanol–water partition coefficient (Wildman–Crippen LogP) is 2.50. The highest BCUT2D eigenvalue weighted by Crippen LogP contribution is 2.19. The Kier molecular flexibility index (Phi) is 3.39. The Balaban J connectivity index is 2.08. The minimum absolute atomic E-state index is 0.0319. The van der Waals surface area contributed by atoms with Crippen molar-refractivity contribution < 1.29 is 9.90 Å². The lowest BCUT2D eigenvalue weighted by molar-refractivity contribution is 0.102. The van der Waals surface area contributed by atoms with E-state index >= 15 is 0 Å². The van der Waals surface area contributed by atoms with Gasteiger partial charge < -0.3 is 15.0 Å². The number of anilines is 1. The first-order chi connectivity index (χ1) is 10.6. The van der Waals surface area contributed by atoms with Gasteiger partial charge in [0.2, 0.25) is 0 Å². The van der Waals surface area contributed by atoms with E-state index in [2.05, 4.69) is 5.32 Å². The smallest absolute Gasteiger partial charge is 0.263 e. The number of benzene rings is 2. The lowest BCUT2D eigenvalue weighted by Gasteiger charge is -2.09. The van der Waals surface area contributed by atoms with Gasteiger partial charge in [-0.05, 0) is 36.4 Å². The van der Waals surface area contributed by atoms with Gasteiger partial charge in [0.05, 0.1) is 5.52 Å². The Labute approximate surface area is 126 Å². The van der Waals surface area contributed by atoms with Crippen LogP contribution in [0.4, 0.5) is 5.69 Å². The maximum absolute atomic E-state index is 12.3. The van der Waals surface area contributed by atoms with Crippen LogP contribution in [-0.4, -0.2) is 15.6 Å². The van der Waals surface area contributed by atoms with Crippen molar-refractivity contribution in [3.05, 3.63) is 70.5 Å². The third kappa shape index (κ3) is 2.44. The van der Waals surface area contributed by atoms with Crippen LogP contribution < -0.4 is 10.9 Å².